The summed E-state index contributed by atoms with van der Waals surface area (Å²) >= 11 is 11.8. The van der Waals surface area contributed by atoms with E-state index >= 15 is 0 Å². The van der Waals surface area contributed by atoms with Gasteiger partial charge in [0.2, 0.25) is 0 Å². The molecule has 0 atom stereocenters. The van der Waals surface area contributed by atoms with E-state index in [4.69, 9.17) is 23.2 Å². The summed E-state index contributed by atoms with van der Waals surface area (Å²) < 4.78 is 0. The van der Waals surface area contributed by atoms with Crippen LogP contribution in [0.15, 0.2) is 23.5 Å². The second-order valence-electron chi connectivity index (χ2n) is 4.68. The molecule has 98 valence electrons. The molecule has 4 nitrogen and oxygen atoms in total. The molecule has 1 fully saturated rings. The minimum Gasteiger partial charge on any atom is -0.389 e. The molecule has 1 aromatic carbocycles. The summed E-state index contributed by atoms with van der Waals surface area (Å²) in [6.07, 6.45) is 1.56. The van der Waals surface area contributed by atoms with E-state index in [9.17, 15) is 10.0 Å². The average molecular weight is 289 g/mol. The van der Waals surface area contributed by atoms with Crippen molar-refractivity contribution in [1.29, 1.82) is 0 Å². The number of piperidine rings is 1. The zero-order valence-electron chi connectivity index (χ0n) is 9.77. The van der Waals surface area contributed by atoms with E-state index in [0.29, 0.717) is 42.4 Å². The number of hydrogen-bond donors (Lipinski definition) is 1. The molecule has 0 radical (unpaired) electrons. The lowest BCUT2D eigenvalue weighted by Gasteiger charge is -2.35. The van der Waals surface area contributed by atoms with Crippen LogP contribution < -0.4 is 0 Å². The van der Waals surface area contributed by atoms with Gasteiger partial charge in [-0.1, -0.05) is 29.3 Å². The number of aliphatic hydroxyl groups is 1. The van der Waals surface area contributed by atoms with Gasteiger partial charge >= 0.3 is 0 Å². The summed E-state index contributed by atoms with van der Waals surface area (Å²) in [6, 6.07) is 5.35. The van der Waals surface area contributed by atoms with Crippen LogP contribution in [0.4, 0.5) is 0 Å². The van der Waals surface area contributed by atoms with Gasteiger partial charge in [-0.05, 0) is 30.5 Å². The van der Waals surface area contributed by atoms with Gasteiger partial charge in [-0.2, -0.15) is 0 Å². The molecule has 0 spiro atoms. The Hall–Kier alpha value is -0.840. The fraction of sp³-hybridized carbons (Fsp3) is 0.500. The van der Waals surface area contributed by atoms with Crippen LogP contribution in [0, 0.1) is 4.91 Å². The van der Waals surface area contributed by atoms with Gasteiger partial charge in [0.15, 0.2) is 0 Å². The summed E-state index contributed by atoms with van der Waals surface area (Å²) in [6.45, 7) is 0.975. The number of rotatable bonds is 3. The number of nitroso groups, excluding NO2 is 1. The third kappa shape index (κ3) is 3.13. The maximum Gasteiger partial charge on any atom is 0.0722 e. The summed E-state index contributed by atoms with van der Waals surface area (Å²) in [7, 11) is 0. The van der Waals surface area contributed by atoms with Crippen LogP contribution in [-0.2, 0) is 6.42 Å². The van der Waals surface area contributed by atoms with E-state index in [1.165, 1.54) is 5.01 Å². The van der Waals surface area contributed by atoms with Gasteiger partial charge in [0, 0.05) is 19.5 Å². The zero-order chi connectivity index (χ0) is 13.2. The molecule has 2 rings (SSSR count). The van der Waals surface area contributed by atoms with E-state index in [1.54, 1.807) is 12.1 Å². The van der Waals surface area contributed by atoms with Crippen molar-refractivity contribution in [2.45, 2.75) is 24.9 Å². The second kappa shape index (κ2) is 5.43. The summed E-state index contributed by atoms with van der Waals surface area (Å²) in [5, 5.41) is 15.8. The van der Waals surface area contributed by atoms with Crippen LogP contribution >= 0.6 is 23.2 Å². The van der Waals surface area contributed by atoms with E-state index in [-0.39, 0.29) is 0 Å². The van der Waals surface area contributed by atoms with E-state index in [0.717, 1.165) is 5.56 Å². The lowest BCUT2D eigenvalue weighted by molar-refractivity contribution is -0.0205. The first-order chi connectivity index (χ1) is 8.52. The zero-order valence-corrected chi connectivity index (χ0v) is 11.3. The second-order valence-corrected chi connectivity index (χ2v) is 5.50. The Morgan fingerprint density at radius 2 is 1.94 bits per heavy atom. The van der Waals surface area contributed by atoms with Crippen molar-refractivity contribution < 1.29 is 5.11 Å². The lowest BCUT2D eigenvalue weighted by Crippen LogP contribution is -2.43. The molecule has 0 saturated carbocycles. The Kier molecular flexibility index (Phi) is 4.10. The van der Waals surface area contributed by atoms with E-state index < -0.39 is 5.60 Å². The minimum atomic E-state index is -0.793. The molecule has 1 aliphatic heterocycles. The van der Waals surface area contributed by atoms with Crippen molar-refractivity contribution in [3.8, 4) is 0 Å². The number of benzene rings is 1. The number of halogens is 2. The Labute approximate surface area is 115 Å². The van der Waals surface area contributed by atoms with Crippen LogP contribution in [0.1, 0.15) is 18.4 Å². The molecular formula is C12H14Cl2N2O2. The third-order valence-corrected chi connectivity index (χ3v) is 4.04. The van der Waals surface area contributed by atoms with Crippen molar-refractivity contribution in [2.24, 2.45) is 5.29 Å². The molecular weight excluding hydrogens is 275 g/mol. The molecule has 1 aliphatic rings. The summed E-state index contributed by atoms with van der Waals surface area (Å²) in [4.78, 5) is 10.4. The molecule has 0 bridgehead atoms. The third-order valence-electron chi connectivity index (χ3n) is 3.30. The monoisotopic (exact) mass is 288 g/mol. The predicted octanol–water partition coefficient (Wildman–Crippen LogP) is 3.04. The van der Waals surface area contributed by atoms with Gasteiger partial charge in [0.25, 0.3) is 0 Å². The van der Waals surface area contributed by atoms with Gasteiger partial charge in [0.1, 0.15) is 0 Å². The molecule has 1 saturated heterocycles. The van der Waals surface area contributed by atoms with Gasteiger partial charge in [0.05, 0.1) is 20.9 Å². The lowest BCUT2D eigenvalue weighted by atomic mass is 9.86. The highest BCUT2D eigenvalue weighted by Gasteiger charge is 2.32. The molecule has 0 amide bonds. The highest BCUT2D eigenvalue weighted by Crippen LogP contribution is 2.29. The van der Waals surface area contributed by atoms with Crippen LogP contribution in [0.25, 0.3) is 0 Å². The fourth-order valence-electron chi connectivity index (χ4n) is 2.20. The van der Waals surface area contributed by atoms with Crippen molar-refractivity contribution in [2.75, 3.05) is 13.1 Å². The molecule has 6 heteroatoms. The smallest absolute Gasteiger partial charge is 0.0722 e. The molecule has 0 aliphatic carbocycles. The van der Waals surface area contributed by atoms with Gasteiger partial charge in [-0.25, -0.2) is 0 Å². The fourth-order valence-corrected chi connectivity index (χ4v) is 2.52. The highest BCUT2D eigenvalue weighted by atomic mass is 35.5. The van der Waals surface area contributed by atoms with Crippen LogP contribution in [0.5, 0.6) is 0 Å². The van der Waals surface area contributed by atoms with Gasteiger partial charge in [-0.15, -0.1) is 4.91 Å². The first kappa shape index (κ1) is 13.6. The summed E-state index contributed by atoms with van der Waals surface area (Å²) in [5.74, 6) is 0. The van der Waals surface area contributed by atoms with Crippen LogP contribution in [0.2, 0.25) is 10.0 Å². The number of nitrogens with zero attached hydrogens (tertiary/aromatic N) is 2. The van der Waals surface area contributed by atoms with Crippen molar-refractivity contribution in [1.82, 2.24) is 5.01 Å². The molecule has 18 heavy (non-hydrogen) atoms. The normalized spacial score (nSPS) is 18.7. The Morgan fingerprint density at radius 3 is 2.50 bits per heavy atom. The topological polar surface area (TPSA) is 52.9 Å². The van der Waals surface area contributed by atoms with Crippen molar-refractivity contribution in [3.63, 3.8) is 0 Å². The van der Waals surface area contributed by atoms with E-state index in [2.05, 4.69) is 5.29 Å². The Morgan fingerprint density at radius 1 is 1.28 bits per heavy atom. The van der Waals surface area contributed by atoms with Gasteiger partial charge in [-0.3, -0.25) is 5.01 Å². The van der Waals surface area contributed by atoms with Crippen molar-refractivity contribution >= 4 is 23.2 Å². The van der Waals surface area contributed by atoms with Gasteiger partial charge < -0.3 is 5.11 Å². The minimum absolute atomic E-state index is 0.487. The molecule has 1 aromatic rings. The molecule has 0 unspecified atom stereocenters. The SMILES string of the molecule is O=NN1CCC(O)(Cc2ccc(Cl)c(Cl)c2)CC1. The molecule has 1 heterocycles. The molecule has 0 aromatic heterocycles. The quantitative estimate of drug-likeness (QED) is 0.870. The highest BCUT2D eigenvalue weighted by molar-refractivity contribution is 6.42. The number of hydrogen-bond acceptors (Lipinski definition) is 3. The van der Waals surface area contributed by atoms with Crippen LogP contribution in [-0.4, -0.2) is 28.8 Å². The standard InChI is InChI=1S/C12H14Cl2N2O2/c13-10-2-1-9(7-11(10)14)8-12(17)3-5-16(15-18)6-4-12/h1-2,7,17H,3-6,8H2. The largest absolute Gasteiger partial charge is 0.389 e. The first-order valence-electron chi connectivity index (χ1n) is 5.77. The molecule has 1 N–H and O–H groups in total. The predicted molar refractivity (Wildman–Crippen MR) is 71.7 cm³/mol. The first-order valence-corrected chi connectivity index (χ1v) is 6.52. The van der Waals surface area contributed by atoms with Crippen LogP contribution in [0.3, 0.4) is 0 Å². The van der Waals surface area contributed by atoms with E-state index in [1.807, 2.05) is 6.07 Å². The maximum absolute atomic E-state index is 10.5. The van der Waals surface area contributed by atoms with Crippen molar-refractivity contribution in [3.05, 3.63) is 38.7 Å². The Bertz CT molecular complexity index is 446. The Balaban J connectivity index is 2.04. The maximum atomic E-state index is 10.5. The summed E-state index contributed by atoms with van der Waals surface area (Å²) in [5.41, 5.74) is 0.151. The average Bonchev–Trinajstić information content (AvgIpc) is 2.35.